The second-order valence-corrected chi connectivity index (χ2v) is 4.44. The van der Waals surface area contributed by atoms with E-state index in [9.17, 15) is 4.79 Å². The normalized spacial score (nSPS) is 10.0. The highest BCUT2D eigenvalue weighted by Gasteiger charge is 2.09. The van der Waals surface area contributed by atoms with Gasteiger partial charge in [0.25, 0.3) is 5.56 Å². The zero-order chi connectivity index (χ0) is 14.0. The van der Waals surface area contributed by atoms with Crippen LogP contribution in [0.4, 0.5) is 0 Å². The van der Waals surface area contributed by atoms with E-state index in [1.807, 2.05) is 13.0 Å². The highest BCUT2D eigenvalue weighted by molar-refractivity contribution is 6.32. The maximum atomic E-state index is 11.7. The van der Waals surface area contributed by atoms with Gasteiger partial charge in [-0.1, -0.05) is 11.6 Å². The van der Waals surface area contributed by atoms with Gasteiger partial charge >= 0.3 is 0 Å². The van der Waals surface area contributed by atoms with Crippen LogP contribution in [-0.4, -0.2) is 12.1 Å². The van der Waals surface area contributed by atoms with Gasteiger partial charge in [-0.2, -0.15) is 5.26 Å². The summed E-state index contributed by atoms with van der Waals surface area (Å²) in [5, 5.41) is 9.27. The zero-order valence-corrected chi connectivity index (χ0v) is 11.2. The van der Waals surface area contributed by atoms with Crippen LogP contribution in [0, 0.1) is 18.3 Å². The predicted octanol–water partition coefficient (Wildman–Crippen LogP) is 2.88. The number of hydrogen-bond acceptors (Lipinski definition) is 3. The molecule has 0 bridgehead atoms. The number of nitriles is 1. The molecule has 1 aromatic heterocycles. The van der Waals surface area contributed by atoms with Crippen LogP contribution in [0.15, 0.2) is 29.1 Å². The minimum atomic E-state index is -0.407. The largest absolute Gasteiger partial charge is 0.495 e. The first-order valence-corrected chi connectivity index (χ1v) is 5.92. The summed E-state index contributed by atoms with van der Waals surface area (Å²) in [6.07, 6.45) is 0. The van der Waals surface area contributed by atoms with Crippen LogP contribution in [-0.2, 0) is 0 Å². The first-order valence-electron chi connectivity index (χ1n) is 5.54. The van der Waals surface area contributed by atoms with Crippen molar-refractivity contribution in [2.24, 2.45) is 0 Å². The van der Waals surface area contributed by atoms with E-state index in [4.69, 9.17) is 21.6 Å². The summed E-state index contributed by atoms with van der Waals surface area (Å²) in [4.78, 5) is 14.4. The molecule has 0 saturated heterocycles. The average molecular weight is 275 g/mol. The van der Waals surface area contributed by atoms with Crippen LogP contribution < -0.4 is 10.3 Å². The molecule has 0 radical (unpaired) electrons. The summed E-state index contributed by atoms with van der Waals surface area (Å²) in [7, 11) is 1.54. The molecular formula is C14H11ClN2O2. The smallest absolute Gasteiger partial charge is 0.266 e. The summed E-state index contributed by atoms with van der Waals surface area (Å²) in [5.74, 6) is 0.569. The molecule has 1 aromatic carbocycles. The molecule has 0 spiro atoms. The molecule has 0 aliphatic heterocycles. The Hall–Kier alpha value is -2.25. The number of methoxy groups -OCH3 is 1. The second-order valence-electron chi connectivity index (χ2n) is 4.03. The van der Waals surface area contributed by atoms with Crippen LogP contribution in [0.3, 0.4) is 0 Å². The van der Waals surface area contributed by atoms with Gasteiger partial charge in [-0.25, -0.2) is 0 Å². The van der Waals surface area contributed by atoms with Crippen molar-refractivity contribution in [3.05, 3.63) is 50.8 Å². The number of hydrogen-bond donors (Lipinski definition) is 1. The van der Waals surface area contributed by atoms with Gasteiger partial charge in [-0.15, -0.1) is 0 Å². The van der Waals surface area contributed by atoms with Gasteiger partial charge < -0.3 is 9.72 Å². The van der Waals surface area contributed by atoms with E-state index in [1.165, 1.54) is 7.11 Å². The molecule has 0 amide bonds. The number of nitrogens with zero attached hydrogens (tertiary/aromatic N) is 1. The topological polar surface area (TPSA) is 65.9 Å². The molecule has 4 nitrogen and oxygen atoms in total. The number of pyridine rings is 1. The van der Waals surface area contributed by atoms with Crippen molar-refractivity contribution in [3.8, 4) is 23.1 Å². The van der Waals surface area contributed by atoms with Gasteiger partial charge in [0.15, 0.2) is 0 Å². The monoisotopic (exact) mass is 274 g/mol. The predicted molar refractivity (Wildman–Crippen MR) is 73.5 cm³/mol. The minimum Gasteiger partial charge on any atom is -0.495 e. The van der Waals surface area contributed by atoms with E-state index in [1.54, 1.807) is 24.3 Å². The molecule has 96 valence electrons. The van der Waals surface area contributed by atoms with Crippen molar-refractivity contribution in [2.45, 2.75) is 6.92 Å². The van der Waals surface area contributed by atoms with Crippen LogP contribution in [0.25, 0.3) is 11.3 Å². The fraction of sp³-hybridized carbons (Fsp3) is 0.143. The van der Waals surface area contributed by atoms with Crippen LogP contribution in [0.1, 0.15) is 11.1 Å². The van der Waals surface area contributed by atoms with Crippen molar-refractivity contribution in [2.75, 3.05) is 7.11 Å². The Labute approximate surface area is 115 Å². The lowest BCUT2D eigenvalue weighted by Gasteiger charge is -2.09. The number of aryl methyl sites for hydroxylation is 1. The van der Waals surface area contributed by atoms with Gasteiger partial charge in [0.1, 0.15) is 17.4 Å². The van der Waals surface area contributed by atoms with Crippen molar-refractivity contribution in [3.63, 3.8) is 0 Å². The van der Waals surface area contributed by atoms with E-state index in [0.29, 0.717) is 16.5 Å². The maximum absolute atomic E-state index is 11.7. The van der Waals surface area contributed by atoms with E-state index in [-0.39, 0.29) is 5.56 Å². The number of benzene rings is 1. The molecule has 0 atom stereocenters. The van der Waals surface area contributed by atoms with Gasteiger partial charge in [0.2, 0.25) is 0 Å². The van der Waals surface area contributed by atoms with Crippen molar-refractivity contribution < 1.29 is 4.74 Å². The third-order valence-corrected chi connectivity index (χ3v) is 3.09. The Morgan fingerprint density at radius 2 is 2.11 bits per heavy atom. The first-order chi connectivity index (χ1) is 9.06. The van der Waals surface area contributed by atoms with Crippen LogP contribution in [0.5, 0.6) is 5.75 Å². The third-order valence-electron chi connectivity index (χ3n) is 2.80. The summed E-state index contributed by atoms with van der Waals surface area (Å²) >= 11 is 6.06. The minimum absolute atomic E-state index is 0.0980. The Kier molecular flexibility index (Phi) is 3.59. The molecule has 0 aliphatic carbocycles. The van der Waals surface area contributed by atoms with Gasteiger partial charge in [-0.05, 0) is 36.8 Å². The molecular weight excluding hydrogens is 264 g/mol. The van der Waals surface area contributed by atoms with E-state index in [0.717, 1.165) is 11.1 Å². The average Bonchev–Trinajstić information content (AvgIpc) is 2.40. The van der Waals surface area contributed by atoms with E-state index < -0.39 is 5.56 Å². The molecule has 1 heterocycles. The highest BCUT2D eigenvalue weighted by atomic mass is 35.5. The number of halogens is 1. The molecule has 0 saturated carbocycles. The standard InChI is InChI=1S/C14H11ClN2O2/c1-8-5-10(7-16)14(18)17-13(8)9-3-4-12(19-2)11(15)6-9/h3-6H,1-2H3,(H,17,18). The number of aromatic nitrogens is 1. The third kappa shape index (κ3) is 2.47. The lowest BCUT2D eigenvalue weighted by Crippen LogP contribution is -2.11. The van der Waals surface area contributed by atoms with Crippen LogP contribution >= 0.6 is 11.6 Å². The summed E-state index contributed by atoms with van der Waals surface area (Å²) < 4.78 is 5.08. The molecule has 1 N–H and O–H groups in total. The van der Waals surface area contributed by atoms with E-state index in [2.05, 4.69) is 4.98 Å². The lowest BCUT2D eigenvalue weighted by atomic mass is 10.1. The maximum Gasteiger partial charge on any atom is 0.266 e. The van der Waals surface area contributed by atoms with Crippen molar-refractivity contribution in [1.29, 1.82) is 5.26 Å². The number of rotatable bonds is 2. The van der Waals surface area contributed by atoms with Gasteiger partial charge in [0.05, 0.1) is 17.8 Å². The second kappa shape index (κ2) is 5.17. The van der Waals surface area contributed by atoms with E-state index >= 15 is 0 Å². The SMILES string of the molecule is COc1ccc(-c2[nH]c(=O)c(C#N)cc2C)cc1Cl. The summed E-state index contributed by atoms with van der Waals surface area (Å²) in [5.41, 5.74) is 1.91. The Balaban J connectivity index is 2.60. The molecule has 0 fully saturated rings. The quantitative estimate of drug-likeness (QED) is 0.916. The van der Waals surface area contributed by atoms with Crippen LogP contribution in [0.2, 0.25) is 5.02 Å². The van der Waals surface area contributed by atoms with Gasteiger partial charge in [0, 0.05) is 5.56 Å². The Morgan fingerprint density at radius 1 is 1.37 bits per heavy atom. The fourth-order valence-electron chi connectivity index (χ4n) is 1.84. The number of H-pyrrole nitrogens is 1. The molecule has 0 aliphatic rings. The van der Waals surface area contributed by atoms with Crippen molar-refractivity contribution in [1.82, 2.24) is 4.98 Å². The molecule has 0 unspecified atom stereocenters. The first kappa shape index (κ1) is 13.2. The Bertz CT molecular complexity index is 729. The fourth-order valence-corrected chi connectivity index (χ4v) is 2.10. The van der Waals surface area contributed by atoms with Gasteiger partial charge in [-0.3, -0.25) is 4.79 Å². The number of aromatic amines is 1. The van der Waals surface area contributed by atoms with Crippen molar-refractivity contribution >= 4 is 11.6 Å². The molecule has 5 heteroatoms. The number of ether oxygens (including phenoxy) is 1. The zero-order valence-electron chi connectivity index (χ0n) is 10.5. The summed E-state index contributed by atoms with van der Waals surface area (Å²) in [6, 6.07) is 8.66. The molecule has 2 aromatic rings. The lowest BCUT2D eigenvalue weighted by molar-refractivity contribution is 0.415. The molecule has 2 rings (SSSR count). The number of nitrogens with one attached hydrogen (secondary N) is 1. The highest BCUT2D eigenvalue weighted by Crippen LogP contribution is 2.30. The molecule has 19 heavy (non-hydrogen) atoms. The Morgan fingerprint density at radius 3 is 2.68 bits per heavy atom. The summed E-state index contributed by atoms with van der Waals surface area (Å²) in [6.45, 7) is 1.82.